The highest BCUT2D eigenvalue weighted by atomic mass is 19.4. The van der Waals surface area contributed by atoms with Gasteiger partial charge in [0.05, 0.1) is 5.56 Å². The topological polar surface area (TPSA) is 73.3 Å². The lowest BCUT2D eigenvalue weighted by Gasteiger charge is -2.33. The van der Waals surface area contributed by atoms with Crippen molar-refractivity contribution >= 4 is 11.5 Å². The summed E-state index contributed by atoms with van der Waals surface area (Å²) >= 11 is 0. The number of nitrogens with zero attached hydrogens (tertiary/aromatic N) is 1. The number of aliphatic hydroxyl groups excluding tert-OH is 1. The van der Waals surface area contributed by atoms with E-state index in [2.05, 4.69) is 0 Å². The van der Waals surface area contributed by atoms with Gasteiger partial charge in [-0.25, -0.2) is 0 Å². The Labute approximate surface area is 120 Å². The van der Waals surface area contributed by atoms with Crippen molar-refractivity contribution in [2.45, 2.75) is 19.0 Å². The van der Waals surface area contributed by atoms with E-state index in [-0.39, 0.29) is 18.1 Å². The summed E-state index contributed by atoms with van der Waals surface area (Å²) < 4.78 is 38.7. The van der Waals surface area contributed by atoms with E-state index in [1.165, 1.54) is 12.1 Å². The summed E-state index contributed by atoms with van der Waals surface area (Å²) in [5.41, 5.74) is 4.74. The number of alkyl halides is 3. The van der Waals surface area contributed by atoms with Crippen LogP contribution in [0.2, 0.25) is 0 Å². The zero-order valence-corrected chi connectivity index (χ0v) is 11.5. The Kier molecular flexibility index (Phi) is 4.41. The molecule has 0 amide bonds. The van der Waals surface area contributed by atoms with Crippen LogP contribution in [0.4, 0.5) is 18.9 Å². The number of rotatable bonds is 3. The van der Waals surface area contributed by atoms with Crippen molar-refractivity contribution in [1.29, 1.82) is 5.41 Å². The molecule has 1 aromatic rings. The molecule has 21 heavy (non-hydrogen) atoms. The minimum atomic E-state index is -4.52. The fraction of sp³-hybridized carbons (Fsp3) is 0.500. The first-order valence-electron chi connectivity index (χ1n) is 6.74. The van der Waals surface area contributed by atoms with Crippen LogP contribution in [0.25, 0.3) is 0 Å². The molecule has 1 saturated heterocycles. The number of nitrogens with one attached hydrogen (secondary N) is 1. The highest BCUT2D eigenvalue weighted by molar-refractivity contribution is 5.97. The fourth-order valence-electron chi connectivity index (χ4n) is 2.57. The third-order valence-corrected chi connectivity index (χ3v) is 3.84. The zero-order chi connectivity index (χ0) is 15.6. The van der Waals surface area contributed by atoms with Gasteiger partial charge in [0.2, 0.25) is 0 Å². The van der Waals surface area contributed by atoms with Crippen LogP contribution in [0.1, 0.15) is 24.0 Å². The zero-order valence-electron chi connectivity index (χ0n) is 11.5. The first-order chi connectivity index (χ1) is 9.82. The monoisotopic (exact) mass is 301 g/mol. The summed E-state index contributed by atoms with van der Waals surface area (Å²) in [5, 5.41) is 16.5. The van der Waals surface area contributed by atoms with Crippen molar-refractivity contribution in [3.05, 3.63) is 29.3 Å². The van der Waals surface area contributed by atoms with Gasteiger partial charge in [-0.05, 0) is 37.0 Å². The maximum Gasteiger partial charge on any atom is 0.417 e. The van der Waals surface area contributed by atoms with E-state index >= 15 is 0 Å². The van der Waals surface area contributed by atoms with Crippen molar-refractivity contribution < 1.29 is 18.3 Å². The molecule has 2 rings (SSSR count). The lowest BCUT2D eigenvalue weighted by Crippen LogP contribution is -2.35. The Bertz CT molecular complexity index is 523. The normalized spacial score (nSPS) is 17.0. The molecule has 0 unspecified atom stereocenters. The molecule has 7 heteroatoms. The second-order valence-electron chi connectivity index (χ2n) is 5.25. The van der Waals surface area contributed by atoms with Gasteiger partial charge in [-0.3, -0.25) is 5.41 Å². The summed E-state index contributed by atoms with van der Waals surface area (Å²) in [5.74, 6) is -0.336. The molecule has 0 atom stereocenters. The van der Waals surface area contributed by atoms with Gasteiger partial charge in [-0.1, -0.05) is 0 Å². The third-order valence-electron chi connectivity index (χ3n) is 3.84. The van der Waals surface area contributed by atoms with E-state index in [9.17, 15) is 13.2 Å². The SMILES string of the molecule is N=C(N)c1cc(N2CCC(CO)CC2)ccc1C(F)(F)F. The lowest BCUT2D eigenvalue weighted by molar-refractivity contribution is -0.137. The Morgan fingerprint density at radius 2 is 1.95 bits per heavy atom. The quantitative estimate of drug-likeness (QED) is 0.592. The molecule has 0 aromatic heterocycles. The number of hydrogen-bond acceptors (Lipinski definition) is 3. The number of amidine groups is 1. The summed E-state index contributed by atoms with van der Waals surface area (Å²) in [6.07, 6.45) is -2.93. The van der Waals surface area contributed by atoms with Gasteiger partial charge in [-0.2, -0.15) is 13.2 Å². The molecule has 4 nitrogen and oxygen atoms in total. The molecular formula is C14H18F3N3O. The molecule has 1 aromatic carbocycles. The van der Waals surface area contributed by atoms with Crippen molar-refractivity contribution in [3.63, 3.8) is 0 Å². The van der Waals surface area contributed by atoms with E-state index in [0.29, 0.717) is 18.8 Å². The number of nitrogen functional groups attached to an aromatic ring is 1. The molecule has 0 bridgehead atoms. The lowest BCUT2D eigenvalue weighted by atomic mass is 9.96. The van der Waals surface area contributed by atoms with Crippen LogP contribution in [-0.4, -0.2) is 30.6 Å². The van der Waals surface area contributed by atoms with E-state index in [0.717, 1.165) is 18.9 Å². The fourth-order valence-corrected chi connectivity index (χ4v) is 2.57. The van der Waals surface area contributed by atoms with Crippen molar-refractivity contribution in [1.82, 2.24) is 0 Å². The molecule has 0 radical (unpaired) electrons. The van der Waals surface area contributed by atoms with Crippen molar-refractivity contribution in [2.75, 3.05) is 24.6 Å². The van der Waals surface area contributed by atoms with Crippen LogP contribution in [0.5, 0.6) is 0 Å². The number of benzene rings is 1. The molecule has 1 fully saturated rings. The molecule has 0 spiro atoms. The second kappa shape index (κ2) is 5.93. The smallest absolute Gasteiger partial charge is 0.396 e. The molecule has 116 valence electrons. The van der Waals surface area contributed by atoms with E-state index in [4.69, 9.17) is 16.2 Å². The van der Waals surface area contributed by atoms with E-state index < -0.39 is 17.6 Å². The first kappa shape index (κ1) is 15.6. The van der Waals surface area contributed by atoms with Gasteiger partial charge in [0.25, 0.3) is 0 Å². The van der Waals surface area contributed by atoms with Gasteiger partial charge in [0.1, 0.15) is 5.84 Å². The molecule has 0 saturated carbocycles. The Morgan fingerprint density at radius 1 is 1.33 bits per heavy atom. The van der Waals surface area contributed by atoms with E-state index in [1.54, 1.807) is 0 Å². The van der Waals surface area contributed by atoms with Gasteiger partial charge >= 0.3 is 6.18 Å². The molecule has 1 aliphatic rings. The van der Waals surface area contributed by atoms with Crippen LogP contribution < -0.4 is 10.6 Å². The summed E-state index contributed by atoms with van der Waals surface area (Å²) in [6.45, 7) is 1.49. The van der Waals surface area contributed by atoms with Gasteiger partial charge in [-0.15, -0.1) is 0 Å². The summed E-state index contributed by atoms with van der Waals surface area (Å²) in [7, 11) is 0. The maximum absolute atomic E-state index is 12.9. The highest BCUT2D eigenvalue weighted by Gasteiger charge is 2.34. The number of nitrogens with two attached hydrogens (primary N) is 1. The maximum atomic E-state index is 12.9. The average molecular weight is 301 g/mol. The largest absolute Gasteiger partial charge is 0.417 e. The molecule has 4 N–H and O–H groups in total. The minimum absolute atomic E-state index is 0.138. The van der Waals surface area contributed by atoms with Crippen LogP contribution in [-0.2, 0) is 6.18 Å². The summed E-state index contributed by atoms with van der Waals surface area (Å²) in [6, 6.07) is 3.71. The molecule has 1 heterocycles. The standard InChI is InChI=1S/C14H18F3N3O/c15-14(16,17)12-2-1-10(7-11(12)13(18)19)20-5-3-9(8-21)4-6-20/h1-2,7,9,21H,3-6,8H2,(H3,18,19). The Balaban J connectivity index is 2.27. The van der Waals surface area contributed by atoms with E-state index in [1.807, 2.05) is 4.90 Å². The van der Waals surface area contributed by atoms with Gasteiger partial charge < -0.3 is 15.7 Å². The molecular weight excluding hydrogens is 283 g/mol. The van der Waals surface area contributed by atoms with Gasteiger partial charge in [0, 0.05) is 30.9 Å². The van der Waals surface area contributed by atoms with Crippen LogP contribution >= 0.6 is 0 Å². The van der Waals surface area contributed by atoms with Crippen molar-refractivity contribution in [2.24, 2.45) is 11.7 Å². The van der Waals surface area contributed by atoms with Gasteiger partial charge in [0.15, 0.2) is 0 Å². The number of anilines is 1. The summed E-state index contributed by atoms with van der Waals surface area (Å²) in [4.78, 5) is 1.96. The first-order valence-corrected chi connectivity index (χ1v) is 6.74. The predicted molar refractivity (Wildman–Crippen MR) is 74.5 cm³/mol. The Hall–Kier alpha value is -1.76. The highest BCUT2D eigenvalue weighted by Crippen LogP contribution is 2.34. The number of hydrogen-bond donors (Lipinski definition) is 3. The number of halogens is 3. The predicted octanol–water partition coefficient (Wildman–Crippen LogP) is 2.20. The van der Waals surface area contributed by atoms with Crippen LogP contribution in [0.3, 0.4) is 0 Å². The molecule has 1 aliphatic heterocycles. The van der Waals surface area contributed by atoms with Crippen molar-refractivity contribution in [3.8, 4) is 0 Å². The van der Waals surface area contributed by atoms with Crippen LogP contribution in [0.15, 0.2) is 18.2 Å². The second-order valence-corrected chi connectivity index (χ2v) is 5.25. The average Bonchev–Trinajstić information content (AvgIpc) is 2.45. The minimum Gasteiger partial charge on any atom is -0.396 e. The number of aliphatic hydroxyl groups is 1. The number of piperidine rings is 1. The molecule has 0 aliphatic carbocycles. The van der Waals surface area contributed by atoms with Crippen LogP contribution in [0, 0.1) is 11.3 Å². The third kappa shape index (κ3) is 3.47. The Morgan fingerprint density at radius 3 is 2.43 bits per heavy atom.